The standard InChI is InChI=1S/C14H15N3O4S2/c18-14(13-9-22-10-15-13)16-11-2-1-3-12(8-11)23(19,20)17-4-6-21-7-5-17/h1-3,8-10H,4-7H2,(H,16,18). The number of thiazole rings is 1. The van der Waals surface area contributed by atoms with E-state index in [0.29, 0.717) is 37.7 Å². The highest BCUT2D eigenvalue weighted by molar-refractivity contribution is 7.89. The fourth-order valence-corrected chi connectivity index (χ4v) is 4.18. The van der Waals surface area contributed by atoms with E-state index >= 15 is 0 Å². The van der Waals surface area contributed by atoms with Crippen molar-refractivity contribution < 1.29 is 17.9 Å². The van der Waals surface area contributed by atoms with Crippen molar-refractivity contribution in [3.8, 4) is 0 Å². The first kappa shape index (κ1) is 16.1. The van der Waals surface area contributed by atoms with Crippen molar-refractivity contribution in [1.82, 2.24) is 9.29 Å². The Morgan fingerprint density at radius 2 is 2.09 bits per heavy atom. The lowest BCUT2D eigenvalue weighted by atomic mass is 10.3. The molecule has 2 heterocycles. The molecule has 1 N–H and O–H groups in total. The molecule has 1 aromatic heterocycles. The van der Waals surface area contributed by atoms with E-state index in [1.807, 2.05) is 0 Å². The number of sulfonamides is 1. The van der Waals surface area contributed by atoms with Crippen LogP contribution >= 0.6 is 11.3 Å². The van der Waals surface area contributed by atoms with Gasteiger partial charge in [-0.2, -0.15) is 4.31 Å². The number of carbonyl (C=O) groups excluding carboxylic acids is 1. The average Bonchev–Trinajstić information content (AvgIpc) is 3.10. The predicted octanol–water partition coefficient (Wildman–Crippen LogP) is 1.42. The number of anilines is 1. The molecule has 3 rings (SSSR count). The fourth-order valence-electron chi connectivity index (χ4n) is 2.19. The van der Waals surface area contributed by atoms with Gasteiger partial charge in [0.25, 0.3) is 5.91 Å². The summed E-state index contributed by atoms with van der Waals surface area (Å²) < 4.78 is 31.8. The second-order valence-electron chi connectivity index (χ2n) is 4.87. The Labute approximate surface area is 138 Å². The number of amides is 1. The number of nitrogens with zero attached hydrogens (tertiary/aromatic N) is 2. The van der Waals surface area contributed by atoms with Gasteiger partial charge in [0, 0.05) is 24.2 Å². The van der Waals surface area contributed by atoms with Crippen LogP contribution in [-0.2, 0) is 14.8 Å². The monoisotopic (exact) mass is 353 g/mol. The summed E-state index contributed by atoms with van der Waals surface area (Å²) in [6.07, 6.45) is 0. The van der Waals surface area contributed by atoms with E-state index in [0.717, 1.165) is 0 Å². The van der Waals surface area contributed by atoms with E-state index < -0.39 is 10.0 Å². The molecule has 122 valence electrons. The number of nitrogens with one attached hydrogen (secondary N) is 1. The molecule has 1 aliphatic heterocycles. The summed E-state index contributed by atoms with van der Waals surface area (Å²) in [7, 11) is -3.59. The zero-order chi connectivity index (χ0) is 16.3. The molecule has 0 bridgehead atoms. The quantitative estimate of drug-likeness (QED) is 0.898. The van der Waals surface area contributed by atoms with Gasteiger partial charge in [-0.25, -0.2) is 13.4 Å². The third-order valence-electron chi connectivity index (χ3n) is 3.36. The maximum absolute atomic E-state index is 12.6. The number of hydrogen-bond acceptors (Lipinski definition) is 6. The lowest BCUT2D eigenvalue weighted by Crippen LogP contribution is -2.40. The van der Waals surface area contributed by atoms with Gasteiger partial charge < -0.3 is 10.1 Å². The van der Waals surface area contributed by atoms with Crippen molar-refractivity contribution in [1.29, 1.82) is 0 Å². The second-order valence-corrected chi connectivity index (χ2v) is 7.53. The Hall–Kier alpha value is -1.81. The van der Waals surface area contributed by atoms with Crippen LogP contribution in [-0.4, -0.2) is 49.9 Å². The predicted molar refractivity (Wildman–Crippen MR) is 86.1 cm³/mol. The van der Waals surface area contributed by atoms with Crippen LogP contribution in [0.4, 0.5) is 5.69 Å². The van der Waals surface area contributed by atoms with Gasteiger partial charge >= 0.3 is 0 Å². The molecule has 1 fully saturated rings. The van der Waals surface area contributed by atoms with Gasteiger partial charge in [0.2, 0.25) is 10.0 Å². The SMILES string of the molecule is O=C(Nc1cccc(S(=O)(=O)N2CCOCC2)c1)c1cscn1. The Morgan fingerprint density at radius 3 is 2.78 bits per heavy atom. The van der Waals surface area contributed by atoms with Crippen molar-refractivity contribution in [2.75, 3.05) is 31.6 Å². The number of carbonyl (C=O) groups is 1. The van der Waals surface area contributed by atoms with E-state index in [4.69, 9.17) is 4.74 Å². The van der Waals surface area contributed by atoms with Gasteiger partial charge in [0.1, 0.15) is 5.69 Å². The van der Waals surface area contributed by atoms with Crippen molar-refractivity contribution in [3.63, 3.8) is 0 Å². The minimum absolute atomic E-state index is 0.149. The van der Waals surface area contributed by atoms with Crippen LogP contribution in [0.1, 0.15) is 10.5 Å². The zero-order valence-electron chi connectivity index (χ0n) is 12.1. The lowest BCUT2D eigenvalue weighted by molar-refractivity contribution is 0.0730. The summed E-state index contributed by atoms with van der Waals surface area (Å²) in [5.74, 6) is -0.368. The van der Waals surface area contributed by atoms with Crippen molar-refractivity contribution in [3.05, 3.63) is 40.8 Å². The average molecular weight is 353 g/mol. The van der Waals surface area contributed by atoms with Crippen LogP contribution in [0.2, 0.25) is 0 Å². The number of morpholine rings is 1. The topological polar surface area (TPSA) is 88.6 Å². The largest absolute Gasteiger partial charge is 0.379 e. The van der Waals surface area contributed by atoms with E-state index in [-0.39, 0.29) is 10.8 Å². The maximum atomic E-state index is 12.6. The highest BCUT2D eigenvalue weighted by Crippen LogP contribution is 2.21. The van der Waals surface area contributed by atoms with Crippen LogP contribution in [0.3, 0.4) is 0 Å². The summed E-state index contributed by atoms with van der Waals surface area (Å²) in [6.45, 7) is 1.44. The highest BCUT2D eigenvalue weighted by atomic mass is 32.2. The van der Waals surface area contributed by atoms with Crippen molar-refractivity contribution >= 4 is 33.0 Å². The van der Waals surface area contributed by atoms with Crippen LogP contribution in [0, 0.1) is 0 Å². The third-order valence-corrected chi connectivity index (χ3v) is 5.85. The first-order valence-corrected chi connectivity index (χ1v) is 9.33. The third kappa shape index (κ3) is 3.58. The molecule has 0 saturated carbocycles. The number of rotatable bonds is 4. The van der Waals surface area contributed by atoms with Crippen LogP contribution in [0.5, 0.6) is 0 Å². The van der Waals surface area contributed by atoms with Crippen LogP contribution in [0.15, 0.2) is 40.1 Å². The van der Waals surface area contributed by atoms with E-state index in [9.17, 15) is 13.2 Å². The van der Waals surface area contributed by atoms with E-state index in [1.54, 1.807) is 23.0 Å². The van der Waals surface area contributed by atoms with Gasteiger partial charge in [-0.3, -0.25) is 4.79 Å². The summed E-state index contributed by atoms with van der Waals surface area (Å²) in [5, 5.41) is 4.29. The summed E-state index contributed by atoms with van der Waals surface area (Å²) in [4.78, 5) is 16.1. The van der Waals surface area contributed by atoms with Gasteiger partial charge in [-0.05, 0) is 18.2 Å². The Kier molecular flexibility index (Phi) is 4.71. The first-order chi connectivity index (χ1) is 11.1. The van der Waals surface area contributed by atoms with Crippen molar-refractivity contribution in [2.45, 2.75) is 4.90 Å². The molecule has 0 radical (unpaired) electrons. The molecule has 23 heavy (non-hydrogen) atoms. The highest BCUT2D eigenvalue weighted by Gasteiger charge is 2.26. The molecule has 1 aliphatic rings. The minimum atomic E-state index is -3.59. The van der Waals surface area contributed by atoms with Gasteiger partial charge in [0.15, 0.2) is 0 Å². The van der Waals surface area contributed by atoms with Crippen molar-refractivity contribution in [2.24, 2.45) is 0 Å². The normalized spacial score (nSPS) is 16.2. The van der Waals surface area contributed by atoms with Gasteiger partial charge in [0.05, 0.1) is 23.6 Å². The number of aromatic nitrogens is 1. The van der Waals surface area contributed by atoms with Gasteiger partial charge in [-0.15, -0.1) is 11.3 Å². The van der Waals surface area contributed by atoms with E-state index in [1.165, 1.54) is 27.8 Å². The molecule has 0 unspecified atom stereocenters. The minimum Gasteiger partial charge on any atom is -0.379 e. The molecule has 1 amide bonds. The van der Waals surface area contributed by atoms with E-state index in [2.05, 4.69) is 10.3 Å². The number of benzene rings is 1. The molecule has 9 heteroatoms. The molecule has 0 aliphatic carbocycles. The Balaban J connectivity index is 1.80. The number of hydrogen-bond donors (Lipinski definition) is 1. The fraction of sp³-hybridized carbons (Fsp3) is 0.286. The molecular formula is C14H15N3O4S2. The maximum Gasteiger partial charge on any atom is 0.275 e. The van der Waals surface area contributed by atoms with Gasteiger partial charge in [-0.1, -0.05) is 6.07 Å². The Bertz CT molecular complexity index is 784. The smallest absolute Gasteiger partial charge is 0.275 e. The molecular weight excluding hydrogens is 338 g/mol. The molecule has 1 aromatic carbocycles. The summed E-state index contributed by atoms with van der Waals surface area (Å²) in [5.41, 5.74) is 2.28. The summed E-state index contributed by atoms with van der Waals surface area (Å²) >= 11 is 1.32. The summed E-state index contributed by atoms with van der Waals surface area (Å²) in [6, 6.07) is 6.21. The molecule has 1 saturated heterocycles. The molecule has 7 nitrogen and oxygen atoms in total. The van der Waals surface area contributed by atoms with Crippen LogP contribution in [0.25, 0.3) is 0 Å². The lowest BCUT2D eigenvalue weighted by Gasteiger charge is -2.26. The molecule has 2 aromatic rings. The second kappa shape index (κ2) is 6.75. The Morgan fingerprint density at radius 1 is 1.30 bits per heavy atom. The zero-order valence-corrected chi connectivity index (χ0v) is 13.8. The first-order valence-electron chi connectivity index (χ1n) is 6.95. The molecule has 0 atom stereocenters. The molecule has 0 spiro atoms. The van der Waals surface area contributed by atoms with Crippen LogP contribution < -0.4 is 5.32 Å². The number of ether oxygens (including phenoxy) is 1.